The number of para-hydroxylation sites is 1. The van der Waals surface area contributed by atoms with Crippen molar-refractivity contribution >= 4 is 23.2 Å². The zero-order chi connectivity index (χ0) is 12.0. The third kappa shape index (κ3) is 4.18. The fourth-order valence-corrected chi connectivity index (χ4v) is 1.76. The van der Waals surface area contributed by atoms with Gasteiger partial charge in [-0.25, -0.2) is 0 Å². The number of aliphatic hydroxyl groups excluding tert-OH is 1. The summed E-state index contributed by atoms with van der Waals surface area (Å²) < 4.78 is 5.42. The molecule has 0 aliphatic carbocycles. The maximum atomic E-state index is 9.44. The first kappa shape index (κ1) is 13.6. The Labute approximate surface area is 105 Å². The Balaban J connectivity index is 2.43. The van der Waals surface area contributed by atoms with Crippen molar-refractivity contribution in [2.24, 2.45) is 5.73 Å². The molecule has 1 aromatic carbocycles. The van der Waals surface area contributed by atoms with Crippen LogP contribution in [-0.4, -0.2) is 24.4 Å². The second kappa shape index (κ2) is 6.97. The molecule has 1 atom stereocenters. The van der Waals surface area contributed by atoms with Crippen LogP contribution in [-0.2, 0) is 0 Å². The van der Waals surface area contributed by atoms with Gasteiger partial charge in [-0.15, -0.1) is 0 Å². The van der Waals surface area contributed by atoms with Crippen LogP contribution in [0.3, 0.4) is 0 Å². The number of aliphatic hydroxyl groups is 1. The summed E-state index contributed by atoms with van der Waals surface area (Å²) in [6, 6.07) is 5.17. The minimum Gasteiger partial charge on any atom is -0.490 e. The lowest BCUT2D eigenvalue weighted by Crippen LogP contribution is -2.16. The molecule has 5 heteroatoms. The van der Waals surface area contributed by atoms with Crippen molar-refractivity contribution in [3.8, 4) is 5.75 Å². The molecule has 1 unspecified atom stereocenters. The highest BCUT2D eigenvalue weighted by Gasteiger charge is 2.08. The third-order valence-electron chi connectivity index (χ3n) is 2.12. The van der Waals surface area contributed by atoms with Crippen molar-refractivity contribution in [1.82, 2.24) is 0 Å². The minimum absolute atomic E-state index is 0.366. The fraction of sp³-hybridized carbons (Fsp3) is 0.455. The van der Waals surface area contributed by atoms with Crippen LogP contribution in [0.25, 0.3) is 0 Å². The molecule has 0 aliphatic rings. The Morgan fingerprint density at radius 1 is 1.25 bits per heavy atom. The van der Waals surface area contributed by atoms with E-state index in [1.54, 1.807) is 18.2 Å². The van der Waals surface area contributed by atoms with Crippen molar-refractivity contribution in [3.05, 3.63) is 28.2 Å². The lowest BCUT2D eigenvalue weighted by atomic mass is 10.2. The predicted octanol–water partition coefficient (Wildman–Crippen LogP) is 2.47. The van der Waals surface area contributed by atoms with E-state index in [0.29, 0.717) is 41.8 Å². The predicted molar refractivity (Wildman–Crippen MR) is 66.3 cm³/mol. The van der Waals surface area contributed by atoms with Crippen LogP contribution < -0.4 is 10.5 Å². The Bertz CT molecular complexity index is 314. The Morgan fingerprint density at radius 2 is 1.88 bits per heavy atom. The Morgan fingerprint density at radius 3 is 2.44 bits per heavy atom. The molecule has 0 amide bonds. The molecule has 0 spiro atoms. The van der Waals surface area contributed by atoms with Crippen molar-refractivity contribution in [3.63, 3.8) is 0 Å². The van der Waals surface area contributed by atoms with Crippen molar-refractivity contribution in [2.75, 3.05) is 13.2 Å². The standard InChI is InChI=1S/C11H15Cl2NO2/c12-9-2-1-3-10(13)11(9)16-7-5-8(15)4-6-14/h1-3,8,15H,4-7,14H2. The van der Waals surface area contributed by atoms with Gasteiger partial charge in [-0.05, 0) is 25.1 Å². The Hall–Kier alpha value is -0.480. The molecule has 0 saturated heterocycles. The fourth-order valence-electron chi connectivity index (χ4n) is 1.25. The van der Waals surface area contributed by atoms with Gasteiger partial charge in [0.05, 0.1) is 22.8 Å². The number of benzene rings is 1. The average molecular weight is 264 g/mol. The molecule has 0 aromatic heterocycles. The van der Waals surface area contributed by atoms with Crippen LogP contribution in [0.4, 0.5) is 0 Å². The van der Waals surface area contributed by atoms with Crippen LogP contribution in [0.5, 0.6) is 5.75 Å². The number of rotatable bonds is 6. The van der Waals surface area contributed by atoms with Crippen LogP contribution in [0.2, 0.25) is 10.0 Å². The summed E-state index contributed by atoms with van der Waals surface area (Å²) in [4.78, 5) is 0. The quantitative estimate of drug-likeness (QED) is 0.829. The van der Waals surface area contributed by atoms with E-state index in [4.69, 9.17) is 33.7 Å². The molecular formula is C11H15Cl2NO2. The SMILES string of the molecule is NCCC(O)CCOc1c(Cl)cccc1Cl. The monoisotopic (exact) mass is 263 g/mol. The zero-order valence-electron chi connectivity index (χ0n) is 8.83. The number of halogens is 2. The highest BCUT2D eigenvalue weighted by atomic mass is 35.5. The normalized spacial score (nSPS) is 12.5. The molecule has 3 nitrogen and oxygen atoms in total. The molecule has 0 heterocycles. The van der Waals surface area contributed by atoms with Gasteiger partial charge in [0, 0.05) is 6.42 Å². The van der Waals surface area contributed by atoms with Crippen molar-refractivity contribution in [1.29, 1.82) is 0 Å². The summed E-state index contributed by atoms with van der Waals surface area (Å²) in [5.74, 6) is 0.464. The second-order valence-electron chi connectivity index (χ2n) is 3.42. The molecule has 3 N–H and O–H groups in total. The summed E-state index contributed by atoms with van der Waals surface area (Å²) in [6.07, 6.45) is 0.643. The number of hydrogen-bond donors (Lipinski definition) is 2. The number of hydrogen-bond acceptors (Lipinski definition) is 3. The first-order valence-corrected chi connectivity index (χ1v) is 5.85. The number of ether oxygens (including phenoxy) is 1. The molecule has 0 fully saturated rings. The third-order valence-corrected chi connectivity index (χ3v) is 2.71. The lowest BCUT2D eigenvalue weighted by Gasteiger charge is -2.12. The van der Waals surface area contributed by atoms with E-state index in [1.807, 2.05) is 0 Å². The van der Waals surface area contributed by atoms with Gasteiger partial charge >= 0.3 is 0 Å². The molecule has 0 bridgehead atoms. The second-order valence-corrected chi connectivity index (χ2v) is 4.23. The molecule has 0 radical (unpaired) electrons. The van der Waals surface area contributed by atoms with Crippen LogP contribution in [0.1, 0.15) is 12.8 Å². The summed E-state index contributed by atoms with van der Waals surface area (Å²) in [7, 11) is 0. The topological polar surface area (TPSA) is 55.5 Å². The van der Waals surface area contributed by atoms with E-state index in [0.717, 1.165) is 0 Å². The van der Waals surface area contributed by atoms with E-state index in [-0.39, 0.29) is 0 Å². The van der Waals surface area contributed by atoms with Crippen LogP contribution in [0, 0.1) is 0 Å². The first-order chi connectivity index (χ1) is 7.65. The van der Waals surface area contributed by atoms with Gasteiger partial charge in [0.1, 0.15) is 0 Å². The highest BCUT2D eigenvalue weighted by molar-refractivity contribution is 6.37. The minimum atomic E-state index is -0.439. The highest BCUT2D eigenvalue weighted by Crippen LogP contribution is 2.32. The van der Waals surface area contributed by atoms with Crippen molar-refractivity contribution < 1.29 is 9.84 Å². The average Bonchev–Trinajstić information content (AvgIpc) is 2.23. The summed E-state index contributed by atoms with van der Waals surface area (Å²) in [5, 5.41) is 10.4. The largest absolute Gasteiger partial charge is 0.490 e. The molecule has 1 rings (SSSR count). The molecule has 0 aliphatic heterocycles. The summed E-state index contributed by atoms with van der Waals surface area (Å²) >= 11 is 11.8. The number of nitrogens with two attached hydrogens (primary N) is 1. The maximum Gasteiger partial charge on any atom is 0.156 e. The smallest absolute Gasteiger partial charge is 0.156 e. The van der Waals surface area contributed by atoms with E-state index >= 15 is 0 Å². The van der Waals surface area contributed by atoms with Gasteiger partial charge in [0.2, 0.25) is 0 Å². The van der Waals surface area contributed by atoms with Gasteiger partial charge in [-0.1, -0.05) is 29.3 Å². The molecule has 90 valence electrons. The van der Waals surface area contributed by atoms with E-state index in [9.17, 15) is 5.11 Å². The van der Waals surface area contributed by atoms with Gasteiger partial charge < -0.3 is 15.6 Å². The lowest BCUT2D eigenvalue weighted by molar-refractivity contribution is 0.133. The van der Waals surface area contributed by atoms with Gasteiger partial charge in [-0.2, -0.15) is 0 Å². The van der Waals surface area contributed by atoms with Crippen LogP contribution >= 0.6 is 23.2 Å². The van der Waals surface area contributed by atoms with Gasteiger partial charge in [-0.3, -0.25) is 0 Å². The maximum absolute atomic E-state index is 9.44. The van der Waals surface area contributed by atoms with E-state index in [2.05, 4.69) is 0 Å². The molecule has 0 saturated carbocycles. The summed E-state index contributed by atoms with van der Waals surface area (Å²) in [6.45, 7) is 0.832. The van der Waals surface area contributed by atoms with Crippen molar-refractivity contribution in [2.45, 2.75) is 18.9 Å². The summed E-state index contributed by atoms with van der Waals surface area (Å²) in [5.41, 5.74) is 5.32. The Kier molecular flexibility index (Phi) is 5.91. The van der Waals surface area contributed by atoms with E-state index < -0.39 is 6.10 Å². The van der Waals surface area contributed by atoms with Crippen LogP contribution in [0.15, 0.2) is 18.2 Å². The molecule has 16 heavy (non-hydrogen) atoms. The first-order valence-electron chi connectivity index (χ1n) is 5.10. The van der Waals surface area contributed by atoms with E-state index in [1.165, 1.54) is 0 Å². The zero-order valence-corrected chi connectivity index (χ0v) is 10.3. The molecule has 1 aromatic rings. The van der Waals surface area contributed by atoms with Gasteiger partial charge in [0.15, 0.2) is 5.75 Å². The molecular weight excluding hydrogens is 249 g/mol. The van der Waals surface area contributed by atoms with Gasteiger partial charge in [0.25, 0.3) is 0 Å².